The number of rotatable bonds is 6. The van der Waals surface area contributed by atoms with E-state index < -0.39 is 5.25 Å². The SMILES string of the molecule is C[C@H](Sc1nc2ccccc2c(=O)n1C[C@@H]1CCCO1)C(=O)Nc1ccc(F)cc1. The van der Waals surface area contributed by atoms with Crippen molar-refractivity contribution < 1.29 is 13.9 Å². The molecular weight excluding hydrogens is 405 g/mol. The van der Waals surface area contributed by atoms with E-state index in [9.17, 15) is 14.0 Å². The molecule has 0 spiro atoms. The number of amides is 1. The molecule has 1 fully saturated rings. The number of anilines is 1. The van der Waals surface area contributed by atoms with Crippen LogP contribution in [0.2, 0.25) is 0 Å². The van der Waals surface area contributed by atoms with E-state index in [1.54, 1.807) is 23.6 Å². The average molecular weight is 428 g/mol. The second-order valence-corrected chi connectivity index (χ2v) is 8.53. The predicted molar refractivity (Wildman–Crippen MR) is 115 cm³/mol. The van der Waals surface area contributed by atoms with Crippen LogP contribution in [0.4, 0.5) is 10.1 Å². The van der Waals surface area contributed by atoms with Crippen molar-refractivity contribution in [2.75, 3.05) is 11.9 Å². The number of carbonyl (C=O) groups excluding carboxylic acids is 1. The van der Waals surface area contributed by atoms with Crippen molar-refractivity contribution in [3.05, 3.63) is 64.7 Å². The zero-order chi connectivity index (χ0) is 21.1. The molecule has 6 nitrogen and oxygen atoms in total. The molecule has 0 aliphatic carbocycles. The number of hydrogen-bond donors (Lipinski definition) is 1. The summed E-state index contributed by atoms with van der Waals surface area (Å²) in [7, 11) is 0. The first-order valence-electron chi connectivity index (χ1n) is 9.85. The molecule has 3 aromatic rings. The van der Waals surface area contributed by atoms with Crippen LogP contribution >= 0.6 is 11.8 Å². The van der Waals surface area contributed by atoms with Gasteiger partial charge in [0, 0.05) is 12.3 Å². The molecule has 2 atom stereocenters. The molecule has 156 valence electrons. The first kappa shape index (κ1) is 20.6. The number of carbonyl (C=O) groups is 1. The number of hydrogen-bond acceptors (Lipinski definition) is 5. The van der Waals surface area contributed by atoms with Crippen LogP contribution in [-0.2, 0) is 16.1 Å². The van der Waals surface area contributed by atoms with Crippen LogP contribution in [0, 0.1) is 5.82 Å². The lowest BCUT2D eigenvalue weighted by Gasteiger charge is -2.18. The highest BCUT2D eigenvalue weighted by Gasteiger charge is 2.23. The lowest BCUT2D eigenvalue weighted by molar-refractivity contribution is -0.115. The van der Waals surface area contributed by atoms with Crippen LogP contribution < -0.4 is 10.9 Å². The van der Waals surface area contributed by atoms with Crippen LogP contribution in [0.15, 0.2) is 58.5 Å². The van der Waals surface area contributed by atoms with Gasteiger partial charge in [0.15, 0.2) is 5.16 Å². The monoisotopic (exact) mass is 427 g/mol. The topological polar surface area (TPSA) is 73.2 Å². The zero-order valence-electron chi connectivity index (χ0n) is 16.5. The maximum absolute atomic E-state index is 13.1. The molecule has 0 radical (unpaired) electrons. The van der Waals surface area contributed by atoms with Gasteiger partial charge in [0.2, 0.25) is 5.91 Å². The molecule has 1 saturated heterocycles. The van der Waals surface area contributed by atoms with E-state index in [-0.39, 0.29) is 23.4 Å². The van der Waals surface area contributed by atoms with Crippen molar-refractivity contribution in [3.63, 3.8) is 0 Å². The molecule has 8 heteroatoms. The fraction of sp³-hybridized carbons (Fsp3) is 0.318. The lowest BCUT2D eigenvalue weighted by Crippen LogP contribution is -2.30. The Morgan fingerprint density at radius 2 is 2.07 bits per heavy atom. The molecular formula is C22H22FN3O3S. The van der Waals surface area contributed by atoms with E-state index in [4.69, 9.17) is 4.74 Å². The average Bonchev–Trinajstić information content (AvgIpc) is 3.26. The highest BCUT2D eigenvalue weighted by Crippen LogP contribution is 2.25. The number of halogens is 1. The summed E-state index contributed by atoms with van der Waals surface area (Å²) < 4.78 is 20.4. The summed E-state index contributed by atoms with van der Waals surface area (Å²) in [5.41, 5.74) is 0.974. The van der Waals surface area contributed by atoms with Gasteiger partial charge in [-0.2, -0.15) is 0 Å². The molecule has 1 aromatic heterocycles. The Morgan fingerprint density at radius 1 is 1.30 bits per heavy atom. The number of aromatic nitrogens is 2. The number of nitrogens with zero attached hydrogens (tertiary/aromatic N) is 2. The molecule has 1 N–H and O–H groups in total. The Morgan fingerprint density at radius 3 is 2.80 bits per heavy atom. The fourth-order valence-electron chi connectivity index (χ4n) is 3.38. The summed E-state index contributed by atoms with van der Waals surface area (Å²) in [4.78, 5) is 30.4. The van der Waals surface area contributed by atoms with Crippen LogP contribution in [0.5, 0.6) is 0 Å². The van der Waals surface area contributed by atoms with E-state index in [0.717, 1.165) is 12.8 Å². The molecule has 1 aliphatic rings. The Bertz CT molecular complexity index is 1110. The molecule has 2 aromatic carbocycles. The Labute approximate surface area is 177 Å². The zero-order valence-corrected chi connectivity index (χ0v) is 17.3. The van der Waals surface area contributed by atoms with E-state index >= 15 is 0 Å². The highest BCUT2D eigenvalue weighted by molar-refractivity contribution is 8.00. The van der Waals surface area contributed by atoms with Gasteiger partial charge in [-0.3, -0.25) is 14.2 Å². The van der Waals surface area contributed by atoms with Crippen LogP contribution in [0.25, 0.3) is 10.9 Å². The Hall–Kier alpha value is -2.71. The molecule has 0 saturated carbocycles. The Kier molecular flexibility index (Phi) is 6.15. The second-order valence-electron chi connectivity index (χ2n) is 7.22. The molecule has 30 heavy (non-hydrogen) atoms. The summed E-state index contributed by atoms with van der Waals surface area (Å²) >= 11 is 1.22. The van der Waals surface area contributed by atoms with Crippen molar-refractivity contribution >= 4 is 34.3 Å². The smallest absolute Gasteiger partial charge is 0.262 e. The third-order valence-electron chi connectivity index (χ3n) is 5.00. The minimum atomic E-state index is -0.515. The Balaban J connectivity index is 1.60. The third kappa shape index (κ3) is 4.55. The van der Waals surface area contributed by atoms with Crippen molar-refractivity contribution in [2.45, 2.75) is 42.8 Å². The summed E-state index contributed by atoms with van der Waals surface area (Å²) in [5, 5.41) is 3.28. The highest BCUT2D eigenvalue weighted by atomic mass is 32.2. The van der Waals surface area contributed by atoms with Gasteiger partial charge in [-0.05, 0) is 56.2 Å². The van der Waals surface area contributed by atoms with Gasteiger partial charge in [-0.15, -0.1) is 0 Å². The molecule has 0 unspecified atom stereocenters. The number of ether oxygens (including phenoxy) is 1. The van der Waals surface area contributed by atoms with Gasteiger partial charge in [-0.1, -0.05) is 23.9 Å². The number of thioether (sulfide) groups is 1. The van der Waals surface area contributed by atoms with Gasteiger partial charge >= 0.3 is 0 Å². The lowest BCUT2D eigenvalue weighted by atomic mass is 10.2. The van der Waals surface area contributed by atoms with E-state index in [2.05, 4.69) is 10.3 Å². The summed E-state index contributed by atoms with van der Waals surface area (Å²) in [6.45, 7) is 2.85. The predicted octanol–water partition coefficient (Wildman–Crippen LogP) is 3.83. The van der Waals surface area contributed by atoms with E-state index in [1.807, 2.05) is 12.1 Å². The molecule has 0 bridgehead atoms. The quantitative estimate of drug-likeness (QED) is 0.478. The second kappa shape index (κ2) is 8.97. The summed E-state index contributed by atoms with van der Waals surface area (Å²) in [5.74, 6) is -0.619. The number of para-hydroxylation sites is 1. The maximum Gasteiger partial charge on any atom is 0.262 e. The minimum Gasteiger partial charge on any atom is -0.376 e. The van der Waals surface area contributed by atoms with Crippen molar-refractivity contribution in [1.82, 2.24) is 9.55 Å². The van der Waals surface area contributed by atoms with E-state index in [0.29, 0.717) is 34.9 Å². The molecule has 1 amide bonds. The van der Waals surface area contributed by atoms with Crippen molar-refractivity contribution in [3.8, 4) is 0 Å². The van der Waals surface area contributed by atoms with E-state index in [1.165, 1.54) is 36.0 Å². The fourth-order valence-corrected chi connectivity index (χ4v) is 4.30. The largest absolute Gasteiger partial charge is 0.376 e. The number of nitrogens with one attached hydrogen (secondary N) is 1. The van der Waals surface area contributed by atoms with Crippen LogP contribution in [0.3, 0.4) is 0 Å². The van der Waals surface area contributed by atoms with Crippen LogP contribution in [0.1, 0.15) is 19.8 Å². The van der Waals surface area contributed by atoms with Crippen LogP contribution in [-0.4, -0.2) is 33.4 Å². The normalized spacial score (nSPS) is 17.2. The first-order valence-corrected chi connectivity index (χ1v) is 10.7. The number of benzene rings is 2. The first-order chi connectivity index (χ1) is 14.5. The maximum atomic E-state index is 13.1. The van der Waals surface area contributed by atoms with Crippen molar-refractivity contribution in [1.29, 1.82) is 0 Å². The minimum absolute atomic E-state index is 0.0339. The summed E-state index contributed by atoms with van der Waals surface area (Å²) in [6, 6.07) is 12.8. The van der Waals surface area contributed by atoms with Gasteiger partial charge in [0.05, 0.1) is 28.8 Å². The summed E-state index contributed by atoms with van der Waals surface area (Å²) in [6.07, 6.45) is 1.83. The molecule has 1 aliphatic heterocycles. The standard InChI is InChI=1S/C22H22FN3O3S/c1-14(20(27)24-16-10-8-15(23)9-11-16)30-22-25-19-7-3-2-6-18(19)21(28)26(22)13-17-5-4-12-29-17/h2-3,6-11,14,17H,4-5,12-13H2,1H3,(H,24,27)/t14-,17-/m0/s1. The van der Waals surface area contributed by atoms with Crippen molar-refractivity contribution in [2.24, 2.45) is 0 Å². The third-order valence-corrected chi connectivity index (χ3v) is 6.09. The van der Waals surface area contributed by atoms with Gasteiger partial charge in [-0.25, -0.2) is 9.37 Å². The molecule has 4 rings (SSSR count). The van der Waals surface area contributed by atoms with Gasteiger partial charge in [0.1, 0.15) is 5.82 Å². The van der Waals surface area contributed by atoms with Gasteiger partial charge in [0.25, 0.3) is 5.56 Å². The number of fused-ring (bicyclic) bond motifs is 1. The van der Waals surface area contributed by atoms with Gasteiger partial charge < -0.3 is 10.1 Å². The molecule has 2 heterocycles.